The van der Waals surface area contributed by atoms with Crippen molar-refractivity contribution >= 4 is 5.97 Å². The molecule has 0 aromatic carbocycles. The summed E-state index contributed by atoms with van der Waals surface area (Å²) >= 11 is 0. The summed E-state index contributed by atoms with van der Waals surface area (Å²) in [6.45, 7) is 14.5. The zero-order chi connectivity index (χ0) is 15.8. The summed E-state index contributed by atoms with van der Waals surface area (Å²) in [5, 5.41) is 10.6. The second-order valence-corrected chi connectivity index (χ2v) is 7.59. The van der Waals surface area contributed by atoms with Gasteiger partial charge in [-0.15, -0.1) is 0 Å². The molecule has 0 saturated heterocycles. The van der Waals surface area contributed by atoms with E-state index < -0.39 is 5.41 Å². The van der Waals surface area contributed by atoms with Gasteiger partial charge in [0.25, 0.3) is 0 Å². The highest BCUT2D eigenvalue weighted by atomic mass is 16.5. The maximum atomic E-state index is 11.5. The van der Waals surface area contributed by atoms with Crippen LogP contribution in [0.2, 0.25) is 0 Å². The quantitative estimate of drug-likeness (QED) is 0.743. The summed E-state index contributed by atoms with van der Waals surface area (Å²) in [5.41, 5.74) is -0.786. The van der Waals surface area contributed by atoms with E-state index in [1.54, 1.807) is 19.1 Å². The summed E-state index contributed by atoms with van der Waals surface area (Å²) in [6.07, 6.45) is 4.27. The molecule has 1 N–H and O–H groups in total. The van der Waals surface area contributed by atoms with Crippen molar-refractivity contribution in [3.63, 3.8) is 0 Å². The molecule has 1 aliphatic carbocycles. The first-order valence-electron chi connectivity index (χ1n) is 7.26. The van der Waals surface area contributed by atoms with Crippen LogP contribution in [0.1, 0.15) is 61.3 Å². The number of carbonyl (C=O) groups is 1. The standard InChI is InChI=1S/C17H28O3/c1-8-14(19)20-12-9-10-13(18)17(11-12,15(2,3)4)16(5,6)7/h9-10,18H,8,11H2,1-7H3. The fourth-order valence-electron chi connectivity index (χ4n) is 3.44. The SMILES string of the molecule is CCC(=O)OC1=CC=C(O)C(C(C)(C)C)(C(C)(C)C)C1. The summed E-state index contributed by atoms with van der Waals surface area (Å²) in [4.78, 5) is 11.5. The number of carbonyl (C=O) groups excluding carboxylic acids is 1. The van der Waals surface area contributed by atoms with Crippen molar-refractivity contribution in [1.29, 1.82) is 0 Å². The first-order chi connectivity index (χ1) is 8.95. The normalized spacial score (nSPS) is 19.1. The molecule has 0 saturated carbocycles. The molecule has 1 aliphatic rings. The van der Waals surface area contributed by atoms with Gasteiger partial charge in [0.1, 0.15) is 5.76 Å². The second-order valence-electron chi connectivity index (χ2n) is 7.59. The molecule has 0 unspecified atom stereocenters. The van der Waals surface area contributed by atoms with Crippen LogP contribution in [0.25, 0.3) is 0 Å². The fraction of sp³-hybridized carbons (Fsp3) is 0.706. The molecule has 0 fully saturated rings. The van der Waals surface area contributed by atoms with Gasteiger partial charge in [0.05, 0.1) is 5.76 Å². The van der Waals surface area contributed by atoms with Crippen LogP contribution in [0, 0.1) is 16.2 Å². The molecule has 114 valence electrons. The van der Waals surface area contributed by atoms with Gasteiger partial charge in [-0.2, -0.15) is 0 Å². The number of ether oxygens (including phenoxy) is 1. The van der Waals surface area contributed by atoms with Crippen molar-refractivity contribution in [2.75, 3.05) is 0 Å². The van der Waals surface area contributed by atoms with Crippen molar-refractivity contribution in [3.8, 4) is 0 Å². The maximum absolute atomic E-state index is 11.5. The molecule has 0 aliphatic heterocycles. The van der Waals surface area contributed by atoms with Crippen LogP contribution in [0.15, 0.2) is 23.7 Å². The molecule has 0 spiro atoms. The topological polar surface area (TPSA) is 46.5 Å². The van der Waals surface area contributed by atoms with Crippen molar-refractivity contribution in [1.82, 2.24) is 0 Å². The lowest BCUT2D eigenvalue weighted by atomic mass is 9.50. The summed E-state index contributed by atoms with van der Waals surface area (Å²) < 4.78 is 5.40. The van der Waals surface area contributed by atoms with Crippen LogP contribution in [0.3, 0.4) is 0 Å². The van der Waals surface area contributed by atoms with Gasteiger partial charge in [-0.1, -0.05) is 48.5 Å². The molecule has 0 atom stereocenters. The highest BCUT2D eigenvalue weighted by Gasteiger charge is 2.55. The predicted molar refractivity (Wildman–Crippen MR) is 81.1 cm³/mol. The Hall–Kier alpha value is -1.25. The van der Waals surface area contributed by atoms with E-state index >= 15 is 0 Å². The third kappa shape index (κ3) is 2.77. The van der Waals surface area contributed by atoms with Gasteiger partial charge >= 0.3 is 5.97 Å². The Kier molecular flexibility index (Phi) is 4.42. The zero-order valence-electron chi connectivity index (χ0n) is 13.8. The summed E-state index contributed by atoms with van der Waals surface area (Å²) in [5.74, 6) is 0.774. The van der Waals surface area contributed by atoms with Crippen molar-refractivity contribution in [2.45, 2.75) is 61.3 Å². The van der Waals surface area contributed by atoms with Crippen molar-refractivity contribution in [3.05, 3.63) is 23.7 Å². The zero-order valence-corrected chi connectivity index (χ0v) is 13.8. The molecule has 0 bridgehead atoms. The fourth-order valence-corrected chi connectivity index (χ4v) is 3.44. The number of rotatable bonds is 2. The molecule has 1 rings (SSSR count). The lowest BCUT2D eigenvalue weighted by molar-refractivity contribution is -0.141. The van der Waals surface area contributed by atoms with E-state index in [1.807, 2.05) is 0 Å². The number of allylic oxidation sites excluding steroid dienone is 4. The summed E-state index contributed by atoms with van der Waals surface area (Å²) in [7, 11) is 0. The van der Waals surface area contributed by atoms with E-state index in [4.69, 9.17) is 4.74 Å². The third-order valence-electron chi connectivity index (χ3n) is 4.40. The molecule has 3 nitrogen and oxygen atoms in total. The van der Waals surface area contributed by atoms with E-state index in [2.05, 4.69) is 41.5 Å². The molecule has 0 aromatic rings. The van der Waals surface area contributed by atoms with Gasteiger partial charge in [-0.05, 0) is 23.0 Å². The minimum atomic E-state index is -0.460. The van der Waals surface area contributed by atoms with Crippen LogP contribution in [0.5, 0.6) is 0 Å². The summed E-state index contributed by atoms with van der Waals surface area (Å²) in [6, 6.07) is 0. The highest BCUT2D eigenvalue weighted by Crippen LogP contribution is 2.60. The molecule has 0 amide bonds. The lowest BCUT2D eigenvalue weighted by Crippen LogP contribution is -2.49. The van der Waals surface area contributed by atoms with E-state index in [1.165, 1.54) is 0 Å². The van der Waals surface area contributed by atoms with Crippen LogP contribution in [-0.2, 0) is 9.53 Å². The van der Waals surface area contributed by atoms with E-state index in [-0.39, 0.29) is 16.8 Å². The number of esters is 1. The predicted octanol–water partition coefficient (Wildman–Crippen LogP) is 4.75. The van der Waals surface area contributed by atoms with Gasteiger partial charge in [0.2, 0.25) is 0 Å². The second kappa shape index (κ2) is 5.27. The molecule has 0 aromatic heterocycles. The smallest absolute Gasteiger partial charge is 0.310 e. The number of hydrogen-bond acceptors (Lipinski definition) is 3. The monoisotopic (exact) mass is 280 g/mol. The average Bonchev–Trinajstić information content (AvgIpc) is 2.28. The van der Waals surface area contributed by atoms with Gasteiger partial charge in [-0.3, -0.25) is 4.79 Å². The Morgan fingerprint density at radius 3 is 2.10 bits per heavy atom. The first-order valence-corrected chi connectivity index (χ1v) is 7.26. The van der Waals surface area contributed by atoms with Gasteiger partial charge < -0.3 is 9.84 Å². The Balaban J connectivity index is 3.26. The van der Waals surface area contributed by atoms with Crippen molar-refractivity contribution in [2.24, 2.45) is 16.2 Å². The molecule has 0 radical (unpaired) electrons. The number of aliphatic hydroxyl groups excluding tert-OH is 1. The molecule has 3 heteroatoms. The molecule has 20 heavy (non-hydrogen) atoms. The van der Waals surface area contributed by atoms with Crippen LogP contribution >= 0.6 is 0 Å². The minimum Gasteiger partial charge on any atom is -0.512 e. The average molecular weight is 280 g/mol. The first kappa shape index (κ1) is 16.8. The van der Waals surface area contributed by atoms with Crippen LogP contribution < -0.4 is 0 Å². The van der Waals surface area contributed by atoms with Crippen LogP contribution in [-0.4, -0.2) is 11.1 Å². The molecular formula is C17H28O3. The minimum absolute atomic E-state index is 0.163. The number of aliphatic hydroxyl groups is 1. The van der Waals surface area contributed by atoms with Gasteiger partial charge in [0.15, 0.2) is 0 Å². The largest absolute Gasteiger partial charge is 0.512 e. The Morgan fingerprint density at radius 2 is 1.70 bits per heavy atom. The van der Waals surface area contributed by atoms with E-state index in [0.29, 0.717) is 24.4 Å². The Bertz CT molecular complexity index is 428. The van der Waals surface area contributed by atoms with Gasteiger partial charge in [0, 0.05) is 18.3 Å². The van der Waals surface area contributed by atoms with Crippen LogP contribution in [0.4, 0.5) is 0 Å². The lowest BCUT2D eigenvalue weighted by Gasteiger charge is -2.54. The number of hydrogen-bond donors (Lipinski definition) is 1. The maximum Gasteiger partial charge on any atom is 0.310 e. The highest BCUT2D eigenvalue weighted by molar-refractivity contribution is 5.70. The Morgan fingerprint density at radius 1 is 1.20 bits per heavy atom. The Labute approximate surface area is 122 Å². The van der Waals surface area contributed by atoms with E-state index in [0.717, 1.165) is 0 Å². The van der Waals surface area contributed by atoms with E-state index in [9.17, 15) is 9.90 Å². The molecular weight excluding hydrogens is 252 g/mol. The third-order valence-corrected chi connectivity index (χ3v) is 4.40. The van der Waals surface area contributed by atoms with Gasteiger partial charge in [-0.25, -0.2) is 0 Å². The van der Waals surface area contributed by atoms with Crippen molar-refractivity contribution < 1.29 is 14.6 Å². The molecule has 0 heterocycles.